The zero-order valence-electron chi connectivity index (χ0n) is 13.0. The zero-order valence-corrected chi connectivity index (χ0v) is 14.8. The molecule has 2 heterocycles. The predicted molar refractivity (Wildman–Crippen MR) is 83.7 cm³/mol. The van der Waals surface area contributed by atoms with Gasteiger partial charge in [0.25, 0.3) is 0 Å². The van der Waals surface area contributed by atoms with E-state index in [4.69, 9.17) is 27.1 Å². The lowest BCUT2D eigenvalue weighted by atomic mass is 10.3. The molecule has 2 saturated heterocycles. The van der Waals surface area contributed by atoms with E-state index in [1.165, 1.54) is 0 Å². The first-order valence-electron chi connectivity index (χ1n) is 7.25. The molecule has 2 aliphatic rings. The van der Waals surface area contributed by atoms with Gasteiger partial charge in [-0.3, -0.25) is 18.1 Å². The van der Waals surface area contributed by atoms with Crippen LogP contribution in [-0.4, -0.2) is 24.4 Å². The maximum atomic E-state index is 5.81. The van der Waals surface area contributed by atoms with Crippen molar-refractivity contribution in [2.45, 2.75) is 52.1 Å². The summed E-state index contributed by atoms with van der Waals surface area (Å²) in [7, 11) is -2.81. The quantitative estimate of drug-likeness (QED) is 0.746. The van der Waals surface area contributed by atoms with E-state index >= 15 is 0 Å². The second-order valence-electron chi connectivity index (χ2n) is 5.32. The summed E-state index contributed by atoms with van der Waals surface area (Å²) in [5.74, 6) is 1.13. The van der Waals surface area contributed by atoms with Gasteiger partial charge in [0, 0.05) is 0 Å². The van der Waals surface area contributed by atoms with E-state index < -0.39 is 17.2 Å². The molecule has 122 valence electrons. The van der Waals surface area contributed by atoms with Crippen LogP contribution in [0.25, 0.3) is 0 Å². The molecule has 0 aliphatic carbocycles. The lowest BCUT2D eigenvalue weighted by Crippen LogP contribution is -2.13. The summed E-state index contributed by atoms with van der Waals surface area (Å²) in [6.07, 6.45) is 0.0806. The van der Waals surface area contributed by atoms with Gasteiger partial charge in [0.1, 0.15) is 0 Å². The van der Waals surface area contributed by atoms with Crippen molar-refractivity contribution in [3.05, 3.63) is 24.3 Å². The first kappa shape index (κ1) is 16.4. The summed E-state index contributed by atoms with van der Waals surface area (Å²) in [6, 6.07) is 7.37. The van der Waals surface area contributed by atoms with Crippen LogP contribution < -0.4 is 9.05 Å². The molecule has 0 N–H and O–H groups in total. The van der Waals surface area contributed by atoms with E-state index in [1.54, 1.807) is 0 Å². The molecule has 6 nitrogen and oxygen atoms in total. The molecule has 3 rings (SSSR count). The second-order valence-corrected chi connectivity index (χ2v) is 7.42. The van der Waals surface area contributed by atoms with E-state index in [-0.39, 0.29) is 24.4 Å². The van der Waals surface area contributed by atoms with Crippen molar-refractivity contribution in [2.75, 3.05) is 0 Å². The minimum Gasteiger partial charge on any atom is -0.423 e. The van der Waals surface area contributed by atoms with Crippen LogP contribution in [0.15, 0.2) is 24.3 Å². The molecular formula is C14H20O6P2. The van der Waals surface area contributed by atoms with Crippen molar-refractivity contribution < 1.29 is 27.1 Å². The minimum atomic E-state index is -1.41. The maximum Gasteiger partial charge on any atom is 0.398 e. The second kappa shape index (κ2) is 6.96. The molecule has 1 aromatic rings. The molecule has 0 unspecified atom stereocenters. The van der Waals surface area contributed by atoms with Crippen LogP contribution in [0.4, 0.5) is 0 Å². The molecule has 0 radical (unpaired) electrons. The van der Waals surface area contributed by atoms with Crippen LogP contribution in [0.2, 0.25) is 0 Å². The highest BCUT2D eigenvalue weighted by Gasteiger charge is 2.36. The van der Waals surface area contributed by atoms with Crippen molar-refractivity contribution in [1.82, 2.24) is 0 Å². The molecule has 0 amide bonds. The van der Waals surface area contributed by atoms with Crippen molar-refractivity contribution in [2.24, 2.45) is 0 Å². The van der Waals surface area contributed by atoms with Crippen molar-refractivity contribution in [3.63, 3.8) is 0 Å². The van der Waals surface area contributed by atoms with Crippen LogP contribution in [-0.2, 0) is 18.1 Å². The molecule has 0 aromatic heterocycles. The highest BCUT2D eigenvalue weighted by molar-refractivity contribution is 7.42. The van der Waals surface area contributed by atoms with E-state index in [0.29, 0.717) is 11.5 Å². The van der Waals surface area contributed by atoms with Gasteiger partial charge in [-0.05, 0) is 39.8 Å². The third-order valence-electron chi connectivity index (χ3n) is 3.53. The fourth-order valence-corrected chi connectivity index (χ4v) is 4.45. The Labute approximate surface area is 133 Å². The monoisotopic (exact) mass is 346 g/mol. The van der Waals surface area contributed by atoms with E-state index in [1.807, 2.05) is 52.0 Å². The number of benzene rings is 1. The summed E-state index contributed by atoms with van der Waals surface area (Å²) in [5, 5.41) is 0. The van der Waals surface area contributed by atoms with Gasteiger partial charge in [0.2, 0.25) is 0 Å². The average molecular weight is 346 g/mol. The Kier molecular flexibility index (Phi) is 5.18. The summed E-state index contributed by atoms with van der Waals surface area (Å²) < 4.78 is 34.2. The summed E-state index contributed by atoms with van der Waals surface area (Å²) >= 11 is 0. The average Bonchev–Trinajstić information content (AvgIpc) is 2.95. The fraction of sp³-hybridized carbons (Fsp3) is 0.571. The molecule has 2 aliphatic heterocycles. The third kappa shape index (κ3) is 3.70. The molecule has 0 spiro atoms. The third-order valence-corrected chi connectivity index (χ3v) is 6.24. The first-order valence-corrected chi connectivity index (χ1v) is 9.44. The van der Waals surface area contributed by atoms with Gasteiger partial charge in [-0.15, -0.1) is 0 Å². The summed E-state index contributed by atoms with van der Waals surface area (Å²) in [6.45, 7) is 7.85. The Balaban J connectivity index is 1.65. The lowest BCUT2D eigenvalue weighted by molar-refractivity contribution is 0.187. The van der Waals surface area contributed by atoms with Crippen LogP contribution in [0, 0.1) is 0 Å². The van der Waals surface area contributed by atoms with Gasteiger partial charge >= 0.3 is 17.2 Å². The Morgan fingerprint density at radius 2 is 1.00 bits per heavy atom. The van der Waals surface area contributed by atoms with E-state index in [9.17, 15) is 0 Å². The first-order chi connectivity index (χ1) is 10.5. The van der Waals surface area contributed by atoms with Gasteiger partial charge in [-0.25, -0.2) is 0 Å². The molecule has 4 atom stereocenters. The van der Waals surface area contributed by atoms with E-state index in [2.05, 4.69) is 0 Å². The largest absolute Gasteiger partial charge is 0.423 e. The maximum absolute atomic E-state index is 5.81. The highest BCUT2D eigenvalue weighted by Crippen LogP contribution is 2.54. The Hall–Kier alpha value is -0.480. The Morgan fingerprint density at radius 3 is 1.32 bits per heavy atom. The summed E-state index contributed by atoms with van der Waals surface area (Å²) in [5.41, 5.74) is 0. The zero-order chi connectivity index (χ0) is 15.7. The molecule has 1 aromatic carbocycles. The molecule has 8 heteroatoms. The number of para-hydroxylation sites is 2. The van der Waals surface area contributed by atoms with E-state index in [0.717, 1.165) is 0 Å². The fourth-order valence-electron chi connectivity index (χ4n) is 1.78. The lowest BCUT2D eigenvalue weighted by Gasteiger charge is -2.15. The van der Waals surface area contributed by atoms with Crippen molar-refractivity contribution >= 4 is 17.2 Å². The minimum absolute atomic E-state index is 0.0202. The van der Waals surface area contributed by atoms with Gasteiger partial charge in [-0.2, -0.15) is 0 Å². The molecule has 22 heavy (non-hydrogen) atoms. The van der Waals surface area contributed by atoms with Crippen molar-refractivity contribution in [3.8, 4) is 11.5 Å². The smallest absolute Gasteiger partial charge is 0.398 e. The van der Waals surface area contributed by atoms with Crippen LogP contribution in [0.5, 0.6) is 11.5 Å². The van der Waals surface area contributed by atoms with Gasteiger partial charge in [0.15, 0.2) is 11.5 Å². The topological polar surface area (TPSA) is 55.4 Å². The molecular weight excluding hydrogens is 326 g/mol. The molecule has 2 fully saturated rings. The Bertz CT molecular complexity index is 451. The van der Waals surface area contributed by atoms with Crippen molar-refractivity contribution in [1.29, 1.82) is 0 Å². The number of rotatable bonds is 4. The number of hydrogen-bond donors (Lipinski definition) is 0. The Morgan fingerprint density at radius 1 is 0.682 bits per heavy atom. The van der Waals surface area contributed by atoms with Crippen LogP contribution in [0.1, 0.15) is 27.7 Å². The molecule has 0 bridgehead atoms. The van der Waals surface area contributed by atoms with Crippen LogP contribution >= 0.6 is 17.2 Å². The highest BCUT2D eigenvalue weighted by atomic mass is 31.2. The van der Waals surface area contributed by atoms with Gasteiger partial charge in [0.05, 0.1) is 24.4 Å². The van der Waals surface area contributed by atoms with Crippen LogP contribution in [0.3, 0.4) is 0 Å². The summed E-state index contributed by atoms with van der Waals surface area (Å²) in [4.78, 5) is 0. The van der Waals surface area contributed by atoms with Gasteiger partial charge < -0.3 is 9.05 Å². The molecule has 0 saturated carbocycles. The standard InChI is InChI=1S/C14H20O6P2/c1-9-10(2)16-21(15-9)19-13-7-5-6-8-14(13)20-22-17-11(3)12(4)18-22/h5-12H,1-4H3/t9-,10-,11-,12-/m1/s1. The van der Waals surface area contributed by atoms with Gasteiger partial charge in [-0.1, -0.05) is 12.1 Å². The predicted octanol–water partition coefficient (Wildman–Crippen LogP) is 4.55. The number of hydrogen-bond acceptors (Lipinski definition) is 6. The SMILES string of the molecule is C[C@H]1OP(Oc2ccccc2OP2O[C@H](C)[C@@H](C)O2)O[C@@H]1C. The normalized spacial score (nSPS) is 33.3.